The van der Waals surface area contributed by atoms with Crippen LogP contribution in [0.1, 0.15) is 47.7 Å². The number of amides is 1. The number of carbonyl (C=O) groups excluding carboxylic acids is 1. The average molecular weight is 563 g/mol. The Morgan fingerprint density at radius 1 is 1.10 bits per heavy atom. The first-order chi connectivity index (χ1) is 18.8. The highest BCUT2D eigenvalue weighted by Crippen LogP contribution is 2.31. The van der Waals surface area contributed by atoms with E-state index in [0.29, 0.717) is 17.2 Å². The number of anilines is 1. The van der Waals surface area contributed by atoms with Crippen LogP contribution in [-0.4, -0.2) is 49.5 Å². The van der Waals surface area contributed by atoms with Crippen molar-refractivity contribution >= 4 is 48.8 Å². The third-order valence-electron chi connectivity index (χ3n) is 6.79. The fourth-order valence-electron chi connectivity index (χ4n) is 4.57. The van der Waals surface area contributed by atoms with Gasteiger partial charge in [0.2, 0.25) is 15.2 Å². The van der Waals surface area contributed by atoms with Crippen LogP contribution in [0.2, 0.25) is 0 Å². The molecule has 0 spiro atoms. The zero-order valence-electron chi connectivity index (χ0n) is 22.1. The first-order valence-corrected chi connectivity index (χ1v) is 15.0. The van der Waals surface area contributed by atoms with Gasteiger partial charge in [0.15, 0.2) is 0 Å². The lowest BCUT2D eigenvalue weighted by Gasteiger charge is -2.32. The highest BCUT2D eigenvalue weighted by molar-refractivity contribution is 7.89. The zero-order valence-corrected chi connectivity index (χ0v) is 23.7. The lowest BCUT2D eigenvalue weighted by atomic mass is 10.1. The molecule has 2 heterocycles. The summed E-state index contributed by atoms with van der Waals surface area (Å²) in [5.41, 5.74) is 2.96. The molecule has 39 heavy (non-hydrogen) atoms. The minimum atomic E-state index is -3.64. The molecule has 202 valence electrons. The van der Waals surface area contributed by atoms with E-state index in [2.05, 4.69) is 10.1 Å². The van der Waals surface area contributed by atoms with Gasteiger partial charge in [0.05, 0.1) is 28.4 Å². The van der Waals surface area contributed by atoms with Gasteiger partial charge in [-0.2, -0.15) is 14.4 Å². The fraction of sp³-hybridized carbons (Fsp3) is 0.276. The van der Waals surface area contributed by atoms with Crippen LogP contribution in [0.4, 0.5) is 5.13 Å². The quantitative estimate of drug-likeness (QED) is 0.208. The number of ether oxygens (including phenoxy) is 1. The number of fused-ring (bicyclic) bond motifs is 1. The molecule has 0 aliphatic carbocycles. The lowest BCUT2D eigenvalue weighted by Crippen LogP contribution is -2.41. The topological polar surface area (TPSA) is 92.2 Å². The number of thiazole rings is 1. The Morgan fingerprint density at radius 2 is 1.85 bits per heavy atom. The highest BCUT2D eigenvalue weighted by Gasteiger charge is 2.31. The average Bonchev–Trinajstić information content (AvgIpc) is 3.36. The molecular weight excluding hydrogens is 532 g/mol. The van der Waals surface area contributed by atoms with Crippen LogP contribution in [0.25, 0.3) is 10.2 Å². The summed E-state index contributed by atoms with van der Waals surface area (Å²) in [5, 5.41) is 6.19. The molecule has 0 saturated carbocycles. The second kappa shape index (κ2) is 11.3. The van der Waals surface area contributed by atoms with Gasteiger partial charge in [-0.25, -0.2) is 13.4 Å². The number of rotatable bonds is 7. The summed E-state index contributed by atoms with van der Waals surface area (Å²) in [4.78, 5) is 18.6. The van der Waals surface area contributed by atoms with E-state index in [0.717, 1.165) is 46.4 Å². The molecule has 0 radical (unpaired) electrons. The van der Waals surface area contributed by atoms with E-state index in [4.69, 9.17) is 4.74 Å². The van der Waals surface area contributed by atoms with Crippen molar-refractivity contribution in [2.45, 2.75) is 44.0 Å². The number of nitrogens with zero attached hydrogens (tertiary/aromatic N) is 4. The molecule has 1 amide bonds. The number of piperidine rings is 1. The number of hydrogen-bond acceptors (Lipinski definition) is 7. The van der Waals surface area contributed by atoms with E-state index < -0.39 is 15.9 Å². The molecule has 8 nitrogen and oxygen atoms in total. The summed E-state index contributed by atoms with van der Waals surface area (Å²) < 4.78 is 34.2. The van der Waals surface area contributed by atoms with Gasteiger partial charge in [0, 0.05) is 18.2 Å². The predicted molar refractivity (Wildman–Crippen MR) is 155 cm³/mol. The number of carbonyl (C=O) groups is 1. The molecule has 4 aromatic rings. The van der Waals surface area contributed by atoms with Crippen molar-refractivity contribution < 1.29 is 17.9 Å². The van der Waals surface area contributed by atoms with E-state index in [1.54, 1.807) is 17.6 Å². The van der Waals surface area contributed by atoms with E-state index in [-0.39, 0.29) is 10.9 Å². The van der Waals surface area contributed by atoms with E-state index in [1.807, 2.05) is 56.3 Å². The zero-order chi connectivity index (χ0) is 27.6. The van der Waals surface area contributed by atoms with Crippen molar-refractivity contribution in [1.29, 1.82) is 0 Å². The van der Waals surface area contributed by atoms with E-state index in [9.17, 15) is 13.2 Å². The Balaban J connectivity index is 1.47. The Hall–Kier alpha value is -3.60. The van der Waals surface area contributed by atoms with Gasteiger partial charge in [-0.05, 0) is 98.5 Å². The van der Waals surface area contributed by atoms with Crippen molar-refractivity contribution in [2.75, 3.05) is 18.7 Å². The summed E-state index contributed by atoms with van der Waals surface area (Å²) in [6, 6.07) is 19.3. The summed E-state index contributed by atoms with van der Waals surface area (Å²) in [7, 11) is -2.04. The van der Waals surface area contributed by atoms with Crippen LogP contribution in [0.15, 0.2) is 76.7 Å². The molecular formula is C29H30N4O4S2. The molecule has 1 atom stereocenters. The lowest BCUT2D eigenvalue weighted by molar-refractivity contribution is 0.0987. The largest absolute Gasteiger partial charge is 0.497 e. The SMILES string of the molecule is COc1ccc(/C=N/N(C(=O)c2ccc(S(=O)(=O)N3CCCCC3C)cc2)c2nc3ccc(C)cc3s2)cc1. The third-order valence-corrected chi connectivity index (χ3v) is 9.82. The predicted octanol–water partition coefficient (Wildman–Crippen LogP) is 5.86. The monoisotopic (exact) mass is 562 g/mol. The first-order valence-electron chi connectivity index (χ1n) is 12.8. The van der Waals surface area contributed by atoms with Crippen molar-refractivity contribution in [3.8, 4) is 5.75 Å². The minimum Gasteiger partial charge on any atom is -0.497 e. The molecule has 3 aromatic carbocycles. The Bertz CT molecular complexity index is 1610. The maximum absolute atomic E-state index is 13.7. The van der Waals surface area contributed by atoms with Crippen LogP contribution in [0, 0.1) is 6.92 Å². The number of methoxy groups -OCH3 is 1. The van der Waals surface area contributed by atoms with Crippen molar-refractivity contribution in [3.05, 3.63) is 83.4 Å². The van der Waals surface area contributed by atoms with Gasteiger partial charge in [-0.15, -0.1) is 0 Å². The summed E-state index contributed by atoms with van der Waals surface area (Å²) in [6.45, 7) is 4.45. The van der Waals surface area contributed by atoms with Crippen molar-refractivity contribution in [3.63, 3.8) is 0 Å². The molecule has 0 N–H and O–H groups in total. The Labute approximate surface area is 232 Å². The van der Waals surface area contributed by atoms with Crippen molar-refractivity contribution in [1.82, 2.24) is 9.29 Å². The van der Waals surface area contributed by atoms with Gasteiger partial charge < -0.3 is 4.74 Å². The van der Waals surface area contributed by atoms with E-state index in [1.165, 1.54) is 40.6 Å². The molecule has 1 aliphatic rings. The molecule has 1 unspecified atom stereocenters. The van der Waals surface area contributed by atoms with Crippen LogP contribution in [0.5, 0.6) is 5.75 Å². The van der Waals surface area contributed by atoms with Crippen LogP contribution >= 0.6 is 11.3 Å². The molecule has 1 aliphatic heterocycles. The molecule has 1 saturated heterocycles. The maximum Gasteiger partial charge on any atom is 0.280 e. The smallest absolute Gasteiger partial charge is 0.280 e. The second-order valence-electron chi connectivity index (χ2n) is 9.59. The van der Waals surface area contributed by atoms with Crippen LogP contribution < -0.4 is 9.75 Å². The van der Waals surface area contributed by atoms with Gasteiger partial charge in [-0.1, -0.05) is 23.8 Å². The van der Waals surface area contributed by atoms with Crippen molar-refractivity contribution in [2.24, 2.45) is 5.10 Å². The highest BCUT2D eigenvalue weighted by atomic mass is 32.2. The first kappa shape index (κ1) is 27.0. The van der Waals surface area contributed by atoms with Gasteiger partial charge >= 0.3 is 0 Å². The molecule has 1 fully saturated rings. The molecule has 5 rings (SSSR count). The standard InChI is InChI=1S/C29H30N4O4S2/c1-20-7-16-26-27(18-20)38-29(31-26)33(30-19-22-8-12-24(37-3)13-9-22)28(34)23-10-14-25(15-11-23)39(35,36)32-17-5-4-6-21(32)2/h7-16,18-19,21H,4-6,17H2,1-3H3/b30-19+. The van der Waals surface area contributed by atoms with Gasteiger partial charge in [0.1, 0.15) is 5.75 Å². The van der Waals surface area contributed by atoms with Gasteiger partial charge in [-0.3, -0.25) is 4.79 Å². The number of aromatic nitrogens is 1. The fourth-order valence-corrected chi connectivity index (χ4v) is 7.29. The minimum absolute atomic E-state index is 0.0458. The Morgan fingerprint density at radius 3 is 2.54 bits per heavy atom. The number of hydrazone groups is 1. The third kappa shape index (κ3) is 5.73. The number of aryl methyl sites for hydroxylation is 1. The molecule has 1 aromatic heterocycles. The number of benzene rings is 3. The maximum atomic E-state index is 13.7. The van der Waals surface area contributed by atoms with Gasteiger partial charge in [0.25, 0.3) is 5.91 Å². The Kier molecular flexibility index (Phi) is 7.79. The molecule has 0 bridgehead atoms. The number of hydrogen-bond donors (Lipinski definition) is 0. The summed E-state index contributed by atoms with van der Waals surface area (Å²) in [6.07, 6.45) is 4.31. The normalized spacial score (nSPS) is 16.5. The van der Waals surface area contributed by atoms with Crippen LogP contribution in [0.3, 0.4) is 0 Å². The van der Waals surface area contributed by atoms with E-state index >= 15 is 0 Å². The second-order valence-corrected chi connectivity index (χ2v) is 12.5. The summed E-state index contributed by atoms with van der Waals surface area (Å²) in [5.74, 6) is 0.307. The molecule has 10 heteroatoms. The number of sulfonamides is 1. The summed E-state index contributed by atoms with van der Waals surface area (Å²) >= 11 is 1.37. The van der Waals surface area contributed by atoms with Crippen LogP contribution in [-0.2, 0) is 10.0 Å².